The minimum Gasteiger partial charge on any atom is -0.464 e. The Hall–Kier alpha value is -2.62. The normalized spacial score (nSPS) is 10.4. The van der Waals surface area contributed by atoms with E-state index in [1.54, 1.807) is 36.7 Å². The standard InChI is InChI=1S/C14H10N2O2/c17-14(10-4-2-1-3-5-10)16-13-11-7-9-18-12(11)6-8-15-13/h1-9H,(H,15,16,17). The first-order valence-electron chi connectivity index (χ1n) is 5.53. The van der Waals surface area contributed by atoms with E-state index in [1.807, 2.05) is 18.2 Å². The van der Waals surface area contributed by atoms with Gasteiger partial charge in [-0.25, -0.2) is 4.98 Å². The second-order valence-electron chi connectivity index (χ2n) is 3.81. The van der Waals surface area contributed by atoms with Gasteiger partial charge in [0.1, 0.15) is 11.4 Å². The van der Waals surface area contributed by atoms with Crippen LogP contribution in [0.4, 0.5) is 5.82 Å². The number of anilines is 1. The smallest absolute Gasteiger partial charge is 0.256 e. The molecule has 3 rings (SSSR count). The third-order valence-corrected chi connectivity index (χ3v) is 2.65. The summed E-state index contributed by atoms with van der Waals surface area (Å²) in [4.78, 5) is 16.2. The minimum atomic E-state index is -0.184. The highest BCUT2D eigenvalue weighted by Gasteiger charge is 2.09. The van der Waals surface area contributed by atoms with Crippen LogP contribution in [-0.2, 0) is 0 Å². The van der Waals surface area contributed by atoms with Gasteiger partial charge in [0.15, 0.2) is 0 Å². The first-order valence-corrected chi connectivity index (χ1v) is 5.53. The maximum atomic E-state index is 12.0. The molecule has 1 amide bonds. The number of carbonyl (C=O) groups is 1. The molecule has 4 heteroatoms. The second-order valence-corrected chi connectivity index (χ2v) is 3.81. The van der Waals surface area contributed by atoms with Gasteiger partial charge in [-0.3, -0.25) is 4.79 Å². The number of furan rings is 1. The van der Waals surface area contributed by atoms with E-state index in [0.29, 0.717) is 17.0 Å². The lowest BCUT2D eigenvalue weighted by Gasteiger charge is -2.04. The third kappa shape index (κ3) is 1.84. The van der Waals surface area contributed by atoms with Gasteiger partial charge >= 0.3 is 0 Å². The van der Waals surface area contributed by atoms with Gasteiger partial charge < -0.3 is 9.73 Å². The van der Waals surface area contributed by atoms with E-state index in [-0.39, 0.29) is 5.91 Å². The van der Waals surface area contributed by atoms with Crippen molar-refractivity contribution in [3.05, 3.63) is 60.5 Å². The molecule has 88 valence electrons. The number of fused-ring (bicyclic) bond motifs is 1. The maximum absolute atomic E-state index is 12.0. The molecule has 0 aliphatic heterocycles. The number of hydrogen-bond acceptors (Lipinski definition) is 3. The maximum Gasteiger partial charge on any atom is 0.256 e. The summed E-state index contributed by atoms with van der Waals surface area (Å²) >= 11 is 0. The van der Waals surface area contributed by atoms with E-state index in [9.17, 15) is 4.79 Å². The summed E-state index contributed by atoms with van der Waals surface area (Å²) in [7, 11) is 0. The molecule has 0 bridgehead atoms. The van der Waals surface area contributed by atoms with Crippen LogP contribution in [0.5, 0.6) is 0 Å². The lowest BCUT2D eigenvalue weighted by atomic mass is 10.2. The van der Waals surface area contributed by atoms with Gasteiger partial charge in [-0.15, -0.1) is 0 Å². The summed E-state index contributed by atoms with van der Waals surface area (Å²) in [5, 5.41) is 3.57. The van der Waals surface area contributed by atoms with Crippen LogP contribution >= 0.6 is 0 Å². The number of amides is 1. The Kier molecular flexibility index (Phi) is 2.53. The summed E-state index contributed by atoms with van der Waals surface area (Å²) in [6.45, 7) is 0. The van der Waals surface area contributed by atoms with Crippen LogP contribution in [0.15, 0.2) is 59.3 Å². The Balaban J connectivity index is 1.93. The van der Waals surface area contributed by atoms with Crippen LogP contribution in [0.25, 0.3) is 11.0 Å². The average Bonchev–Trinajstić information content (AvgIpc) is 2.89. The minimum absolute atomic E-state index is 0.184. The Labute approximate surface area is 103 Å². The van der Waals surface area contributed by atoms with Crippen molar-refractivity contribution < 1.29 is 9.21 Å². The molecule has 0 spiro atoms. The fraction of sp³-hybridized carbons (Fsp3) is 0. The lowest BCUT2D eigenvalue weighted by molar-refractivity contribution is 0.102. The molecule has 0 saturated heterocycles. The zero-order valence-electron chi connectivity index (χ0n) is 9.46. The average molecular weight is 238 g/mol. The molecule has 3 aromatic rings. The monoisotopic (exact) mass is 238 g/mol. The van der Waals surface area contributed by atoms with Gasteiger partial charge in [-0.05, 0) is 24.3 Å². The highest BCUT2D eigenvalue weighted by atomic mass is 16.3. The highest BCUT2D eigenvalue weighted by molar-refractivity contribution is 6.07. The van der Waals surface area contributed by atoms with Gasteiger partial charge in [-0.1, -0.05) is 18.2 Å². The SMILES string of the molecule is O=C(Nc1nccc2occc12)c1ccccc1. The van der Waals surface area contributed by atoms with E-state index in [2.05, 4.69) is 10.3 Å². The highest BCUT2D eigenvalue weighted by Crippen LogP contribution is 2.22. The zero-order chi connectivity index (χ0) is 12.4. The molecule has 0 unspecified atom stereocenters. The molecule has 0 atom stereocenters. The first-order chi connectivity index (χ1) is 8.84. The Bertz CT molecular complexity index is 689. The van der Waals surface area contributed by atoms with Crippen molar-refractivity contribution in [3.8, 4) is 0 Å². The predicted molar refractivity (Wildman–Crippen MR) is 68.4 cm³/mol. The largest absolute Gasteiger partial charge is 0.464 e. The van der Waals surface area contributed by atoms with Crippen molar-refractivity contribution in [1.82, 2.24) is 4.98 Å². The predicted octanol–water partition coefficient (Wildman–Crippen LogP) is 3.08. The van der Waals surface area contributed by atoms with E-state index in [1.165, 1.54) is 0 Å². The molecular weight excluding hydrogens is 228 g/mol. The lowest BCUT2D eigenvalue weighted by Crippen LogP contribution is -2.12. The molecule has 18 heavy (non-hydrogen) atoms. The Morgan fingerprint density at radius 2 is 1.94 bits per heavy atom. The molecule has 0 aliphatic carbocycles. The fourth-order valence-corrected chi connectivity index (χ4v) is 1.76. The van der Waals surface area contributed by atoms with Gasteiger partial charge in [0.2, 0.25) is 0 Å². The quantitative estimate of drug-likeness (QED) is 0.746. The number of nitrogens with zero attached hydrogens (tertiary/aromatic N) is 1. The number of carbonyl (C=O) groups excluding carboxylic acids is 1. The van der Waals surface area contributed by atoms with Crippen LogP contribution < -0.4 is 5.32 Å². The van der Waals surface area contributed by atoms with E-state index >= 15 is 0 Å². The van der Waals surface area contributed by atoms with Gasteiger partial charge in [-0.2, -0.15) is 0 Å². The molecule has 0 fully saturated rings. The van der Waals surface area contributed by atoms with Gasteiger partial charge in [0.25, 0.3) is 5.91 Å². The number of hydrogen-bond donors (Lipinski definition) is 1. The van der Waals surface area contributed by atoms with Crippen molar-refractivity contribution in [2.75, 3.05) is 5.32 Å². The molecule has 2 aromatic heterocycles. The summed E-state index contributed by atoms with van der Waals surface area (Å²) < 4.78 is 5.25. The van der Waals surface area contributed by atoms with Crippen molar-refractivity contribution in [2.45, 2.75) is 0 Å². The number of rotatable bonds is 2. The first kappa shape index (κ1) is 10.5. The molecule has 1 N–H and O–H groups in total. The van der Waals surface area contributed by atoms with Gasteiger partial charge in [0.05, 0.1) is 11.6 Å². The van der Waals surface area contributed by atoms with Crippen LogP contribution in [0.2, 0.25) is 0 Å². The molecule has 0 aliphatic rings. The summed E-state index contributed by atoms with van der Waals surface area (Å²) in [6, 6.07) is 12.6. The number of nitrogens with one attached hydrogen (secondary N) is 1. The number of aromatic nitrogens is 1. The van der Waals surface area contributed by atoms with E-state index in [4.69, 9.17) is 4.42 Å². The van der Waals surface area contributed by atoms with Crippen molar-refractivity contribution in [1.29, 1.82) is 0 Å². The molecule has 4 nitrogen and oxygen atoms in total. The Morgan fingerprint density at radius 1 is 1.11 bits per heavy atom. The topological polar surface area (TPSA) is 55.1 Å². The molecule has 0 saturated carbocycles. The van der Waals surface area contributed by atoms with Crippen LogP contribution in [0, 0.1) is 0 Å². The van der Waals surface area contributed by atoms with Crippen LogP contribution in [-0.4, -0.2) is 10.9 Å². The van der Waals surface area contributed by atoms with Crippen molar-refractivity contribution >= 4 is 22.7 Å². The summed E-state index contributed by atoms with van der Waals surface area (Å²) in [5.74, 6) is 0.326. The second kappa shape index (κ2) is 4.33. The Morgan fingerprint density at radius 3 is 2.78 bits per heavy atom. The van der Waals surface area contributed by atoms with E-state index < -0.39 is 0 Å². The molecule has 2 heterocycles. The third-order valence-electron chi connectivity index (χ3n) is 2.65. The van der Waals surface area contributed by atoms with Crippen molar-refractivity contribution in [3.63, 3.8) is 0 Å². The molecular formula is C14H10N2O2. The summed E-state index contributed by atoms with van der Waals surface area (Å²) in [6.07, 6.45) is 3.18. The fourth-order valence-electron chi connectivity index (χ4n) is 1.76. The van der Waals surface area contributed by atoms with Crippen LogP contribution in [0.1, 0.15) is 10.4 Å². The van der Waals surface area contributed by atoms with E-state index in [0.717, 1.165) is 5.39 Å². The van der Waals surface area contributed by atoms with Gasteiger partial charge in [0, 0.05) is 11.8 Å². The molecule has 1 aromatic carbocycles. The van der Waals surface area contributed by atoms with Crippen LogP contribution in [0.3, 0.4) is 0 Å². The van der Waals surface area contributed by atoms with Crippen molar-refractivity contribution in [2.24, 2.45) is 0 Å². The number of pyridine rings is 1. The molecule has 0 radical (unpaired) electrons. The zero-order valence-corrected chi connectivity index (χ0v) is 9.46. The number of benzene rings is 1. The summed E-state index contributed by atoms with van der Waals surface area (Å²) in [5.41, 5.74) is 1.30.